The summed E-state index contributed by atoms with van der Waals surface area (Å²) in [5.74, 6) is 0.0399. The second-order valence-electron chi connectivity index (χ2n) is 7.16. The lowest BCUT2D eigenvalue weighted by Gasteiger charge is -2.18. The van der Waals surface area contributed by atoms with Crippen molar-refractivity contribution in [1.29, 1.82) is 0 Å². The highest BCUT2D eigenvalue weighted by atomic mass is 17.0. The van der Waals surface area contributed by atoms with Crippen LogP contribution in [0.4, 0.5) is 0 Å². The zero-order chi connectivity index (χ0) is 19.7. The maximum Gasteiger partial charge on any atom is 0.294 e. The average molecular weight is 365 g/mol. The highest BCUT2D eigenvalue weighted by Crippen LogP contribution is 2.27. The van der Waals surface area contributed by atoms with E-state index in [1.54, 1.807) is 27.7 Å². The molecule has 1 atom stereocenters. The maximum atomic E-state index is 12.3. The minimum absolute atomic E-state index is 0.00684. The lowest BCUT2D eigenvalue weighted by Crippen LogP contribution is -2.20. The SMILES string of the molecule is CC1=C(C)C(=O)C(CCCCCCCCCC(C)O[N+](=O)[O-])=C(C)C1=O. The molecule has 0 heterocycles. The Morgan fingerprint density at radius 2 is 1.35 bits per heavy atom. The molecule has 0 amide bonds. The lowest BCUT2D eigenvalue weighted by molar-refractivity contribution is -0.767. The summed E-state index contributed by atoms with van der Waals surface area (Å²) < 4.78 is 0. The Balaban J connectivity index is 2.15. The molecule has 1 unspecified atom stereocenters. The number of hydrogen-bond acceptors (Lipinski definition) is 5. The summed E-state index contributed by atoms with van der Waals surface area (Å²) in [6.45, 7) is 6.93. The van der Waals surface area contributed by atoms with Crippen molar-refractivity contribution in [2.75, 3.05) is 0 Å². The van der Waals surface area contributed by atoms with Crippen LogP contribution >= 0.6 is 0 Å². The minimum Gasteiger partial charge on any atom is -0.311 e. The molecular formula is C20H31NO5. The molecule has 0 spiro atoms. The number of unbranched alkanes of at least 4 members (excludes halogenated alkanes) is 6. The zero-order valence-electron chi connectivity index (χ0n) is 16.4. The van der Waals surface area contributed by atoms with Crippen LogP contribution in [0.2, 0.25) is 0 Å². The van der Waals surface area contributed by atoms with Crippen molar-refractivity contribution in [2.24, 2.45) is 0 Å². The summed E-state index contributed by atoms with van der Waals surface area (Å²) in [4.78, 5) is 39.1. The van der Waals surface area contributed by atoms with Gasteiger partial charge < -0.3 is 4.84 Å². The first-order chi connectivity index (χ1) is 12.3. The number of nitrogens with zero attached hydrogens (tertiary/aromatic N) is 1. The van der Waals surface area contributed by atoms with Gasteiger partial charge in [-0.3, -0.25) is 9.59 Å². The van der Waals surface area contributed by atoms with Crippen LogP contribution in [0.1, 0.15) is 85.5 Å². The summed E-state index contributed by atoms with van der Waals surface area (Å²) >= 11 is 0. The lowest BCUT2D eigenvalue weighted by atomic mass is 9.84. The molecule has 0 N–H and O–H groups in total. The number of carbonyl (C=O) groups excluding carboxylic acids is 2. The number of carbonyl (C=O) groups is 2. The van der Waals surface area contributed by atoms with E-state index in [0.717, 1.165) is 44.9 Å². The van der Waals surface area contributed by atoms with Crippen molar-refractivity contribution in [1.82, 2.24) is 0 Å². The van der Waals surface area contributed by atoms with E-state index in [1.807, 2.05) is 0 Å². The normalized spacial score (nSPS) is 16.3. The van der Waals surface area contributed by atoms with Gasteiger partial charge in [-0.25, -0.2) is 0 Å². The third-order valence-electron chi connectivity index (χ3n) is 5.11. The smallest absolute Gasteiger partial charge is 0.294 e. The Morgan fingerprint density at radius 1 is 0.846 bits per heavy atom. The largest absolute Gasteiger partial charge is 0.311 e. The van der Waals surface area contributed by atoms with Crippen molar-refractivity contribution in [3.8, 4) is 0 Å². The van der Waals surface area contributed by atoms with Crippen molar-refractivity contribution in [3.05, 3.63) is 32.4 Å². The number of rotatable bonds is 12. The average Bonchev–Trinajstić information content (AvgIpc) is 2.58. The molecule has 1 aliphatic carbocycles. The molecule has 0 aromatic rings. The summed E-state index contributed by atoms with van der Waals surface area (Å²) in [5.41, 5.74) is 2.47. The van der Waals surface area contributed by atoms with Gasteiger partial charge in [0.2, 0.25) is 0 Å². The van der Waals surface area contributed by atoms with Crippen LogP contribution in [0.15, 0.2) is 22.3 Å². The minimum atomic E-state index is -0.731. The molecule has 0 aromatic heterocycles. The molecule has 6 heteroatoms. The van der Waals surface area contributed by atoms with Crippen LogP contribution in [0, 0.1) is 10.1 Å². The fraction of sp³-hybridized carbons (Fsp3) is 0.700. The van der Waals surface area contributed by atoms with Crippen molar-refractivity contribution in [3.63, 3.8) is 0 Å². The van der Waals surface area contributed by atoms with Gasteiger partial charge in [-0.05, 0) is 47.0 Å². The third-order valence-corrected chi connectivity index (χ3v) is 5.11. The van der Waals surface area contributed by atoms with Gasteiger partial charge in [0.05, 0.1) is 0 Å². The van der Waals surface area contributed by atoms with Gasteiger partial charge in [0.15, 0.2) is 11.6 Å². The van der Waals surface area contributed by atoms with Crippen molar-refractivity contribution in [2.45, 2.75) is 91.6 Å². The quantitative estimate of drug-likeness (QED) is 0.212. The maximum absolute atomic E-state index is 12.3. The molecule has 26 heavy (non-hydrogen) atoms. The predicted molar refractivity (Wildman–Crippen MR) is 100 cm³/mol. The van der Waals surface area contributed by atoms with E-state index in [1.165, 1.54) is 0 Å². The number of Topliss-reactive ketones (excluding diaryl/α,β-unsaturated/α-hetero) is 2. The van der Waals surface area contributed by atoms with Gasteiger partial charge in [0.25, 0.3) is 5.09 Å². The van der Waals surface area contributed by atoms with Crippen LogP contribution in [0.3, 0.4) is 0 Å². The fourth-order valence-electron chi connectivity index (χ4n) is 3.27. The Morgan fingerprint density at radius 3 is 1.92 bits per heavy atom. The third kappa shape index (κ3) is 6.73. The zero-order valence-corrected chi connectivity index (χ0v) is 16.4. The van der Waals surface area contributed by atoms with Gasteiger partial charge in [-0.15, -0.1) is 10.1 Å². The Hall–Kier alpha value is -1.98. The molecule has 0 aromatic carbocycles. The molecule has 0 saturated heterocycles. The van der Waals surface area contributed by atoms with Gasteiger partial charge in [-0.2, -0.15) is 0 Å². The van der Waals surface area contributed by atoms with Gasteiger partial charge >= 0.3 is 0 Å². The molecule has 0 fully saturated rings. The van der Waals surface area contributed by atoms with Crippen LogP contribution in [-0.2, 0) is 14.4 Å². The van der Waals surface area contributed by atoms with E-state index in [9.17, 15) is 19.7 Å². The van der Waals surface area contributed by atoms with E-state index in [4.69, 9.17) is 0 Å². The highest BCUT2D eigenvalue weighted by molar-refractivity contribution is 6.24. The Kier molecular flexibility index (Phi) is 9.24. The standard InChI is InChI=1S/C20H31NO5/c1-14(26-21(24)25)12-10-8-6-5-7-9-11-13-18-17(4)19(22)15(2)16(3)20(18)23/h14H,5-13H2,1-4H3. The number of allylic oxidation sites excluding steroid dienone is 4. The van der Waals surface area contributed by atoms with E-state index < -0.39 is 5.09 Å². The Labute approximate surface area is 155 Å². The second kappa shape index (κ2) is 10.9. The van der Waals surface area contributed by atoms with Gasteiger partial charge in [-0.1, -0.05) is 38.5 Å². The topological polar surface area (TPSA) is 86.5 Å². The molecule has 1 aliphatic rings. The second-order valence-corrected chi connectivity index (χ2v) is 7.16. The first-order valence-corrected chi connectivity index (χ1v) is 9.53. The monoisotopic (exact) mass is 365 g/mol. The summed E-state index contributed by atoms with van der Waals surface area (Å²) in [6.07, 6.45) is 8.31. The van der Waals surface area contributed by atoms with Gasteiger partial charge in [0, 0.05) is 22.3 Å². The molecule has 146 valence electrons. The first kappa shape index (κ1) is 22.1. The highest BCUT2D eigenvalue weighted by Gasteiger charge is 2.26. The van der Waals surface area contributed by atoms with E-state index >= 15 is 0 Å². The molecular weight excluding hydrogens is 334 g/mol. The van der Waals surface area contributed by atoms with E-state index in [0.29, 0.717) is 35.1 Å². The van der Waals surface area contributed by atoms with Crippen molar-refractivity contribution < 1.29 is 19.5 Å². The molecule has 6 nitrogen and oxygen atoms in total. The van der Waals surface area contributed by atoms with Crippen LogP contribution < -0.4 is 0 Å². The number of hydrogen-bond donors (Lipinski definition) is 0. The Bertz CT molecular complexity index is 603. The van der Waals surface area contributed by atoms with E-state index in [2.05, 4.69) is 4.84 Å². The van der Waals surface area contributed by atoms with Gasteiger partial charge in [0.1, 0.15) is 6.10 Å². The fourth-order valence-corrected chi connectivity index (χ4v) is 3.27. The molecule has 0 bridgehead atoms. The number of ketones is 2. The summed E-state index contributed by atoms with van der Waals surface area (Å²) in [7, 11) is 0. The summed E-state index contributed by atoms with van der Waals surface area (Å²) in [6, 6.07) is 0. The molecule has 0 saturated carbocycles. The van der Waals surface area contributed by atoms with Crippen LogP contribution in [-0.4, -0.2) is 22.8 Å². The van der Waals surface area contributed by atoms with E-state index in [-0.39, 0.29) is 17.7 Å². The molecule has 1 rings (SSSR count). The van der Waals surface area contributed by atoms with Crippen LogP contribution in [0.5, 0.6) is 0 Å². The summed E-state index contributed by atoms with van der Waals surface area (Å²) in [5, 5.41) is 9.46. The molecule has 0 aliphatic heterocycles. The molecule has 0 radical (unpaired) electrons. The first-order valence-electron chi connectivity index (χ1n) is 9.53. The van der Waals surface area contributed by atoms with Crippen molar-refractivity contribution >= 4 is 11.6 Å². The van der Waals surface area contributed by atoms with Crippen LogP contribution in [0.25, 0.3) is 0 Å². The predicted octanol–water partition coefficient (Wildman–Crippen LogP) is 4.90.